The molecule has 4 heteroatoms. The van der Waals surface area contributed by atoms with Gasteiger partial charge in [-0.2, -0.15) is 0 Å². The van der Waals surface area contributed by atoms with Crippen molar-refractivity contribution in [1.29, 1.82) is 0 Å². The van der Waals surface area contributed by atoms with Gasteiger partial charge in [0.15, 0.2) is 0 Å². The van der Waals surface area contributed by atoms with E-state index < -0.39 is 5.97 Å². The Hall–Kier alpha value is -1.55. The van der Waals surface area contributed by atoms with Crippen LogP contribution in [0.4, 0.5) is 0 Å². The van der Waals surface area contributed by atoms with Crippen molar-refractivity contribution in [3.63, 3.8) is 0 Å². The Morgan fingerprint density at radius 3 is 2.55 bits per heavy atom. The van der Waals surface area contributed by atoms with Crippen LogP contribution in [0.5, 0.6) is 0 Å². The van der Waals surface area contributed by atoms with Gasteiger partial charge in [0.2, 0.25) is 0 Å². The highest BCUT2D eigenvalue weighted by molar-refractivity contribution is 9.10. The molecule has 0 saturated heterocycles. The van der Waals surface area contributed by atoms with Gasteiger partial charge in [0, 0.05) is 16.1 Å². The van der Waals surface area contributed by atoms with Gasteiger partial charge < -0.3 is 9.67 Å². The number of halogens is 1. The van der Waals surface area contributed by atoms with Crippen molar-refractivity contribution >= 4 is 21.9 Å². The van der Waals surface area contributed by atoms with E-state index >= 15 is 0 Å². The van der Waals surface area contributed by atoms with Crippen molar-refractivity contribution in [3.05, 3.63) is 45.6 Å². The zero-order valence-corrected chi connectivity index (χ0v) is 13.1. The number of hydrogen-bond donors (Lipinski definition) is 1. The number of aromatic carboxylic acids is 1. The zero-order valence-electron chi connectivity index (χ0n) is 11.5. The topological polar surface area (TPSA) is 42.2 Å². The first-order valence-corrected chi connectivity index (χ1v) is 7.50. The van der Waals surface area contributed by atoms with E-state index in [1.165, 1.54) is 5.56 Å². The molecule has 1 aliphatic rings. The molecule has 1 aromatic heterocycles. The van der Waals surface area contributed by atoms with Crippen molar-refractivity contribution in [2.75, 3.05) is 0 Å². The van der Waals surface area contributed by atoms with Crippen LogP contribution in [0.2, 0.25) is 0 Å². The summed E-state index contributed by atoms with van der Waals surface area (Å²) in [4.78, 5) is 11.4. The lowest BCUT2D eigenvalue weighted by Gasteiger charge is -2.15. The molecule has 2 aromatic rings. The van der Waals surface area contributed by atoms with Gasteiger partial charge in [0.05, 0.1) is 5.69 Å². The van der Waals surface area contributed by atoms with Gasteiger partial charge >= 0.3 is 5.97 Å². The number of aryl methyl sites for hydroxylation is 2. The number of rotatable bonds is 3. The Morgan fingerprint density at radius 1 is 1.30 bits per heavy atom. The SMILES string of the molecule is Cc1cc(C)c(-c2ccc(C(=O)O)n2C2CC2)c(Br)c1. The third-order valence-corrected chi connectivity index (χ3v) is 4.36. The van der Waals surface area contributed by atoms with Crippen LogP contribution in [-0.2, 0) is 0 Å². The molecule has 1 fully saturated rings. The van der Waals surface area contributed by atoms with E-state index in [0.717, 1.165) is 34.1 Å². The Bertz CT molecular complexity index is 675. The van der Waals surface area contributed by atoms with Crippen LogP contribution >= 0.6 is 15.9 Å². The molecular formula is C16H16BrNO2. The minimum absolute atomic E-state index is 0.332. The van der Waals surface area contributed by atoms with Crippen LogP contribution in [0, 0.1) is 13.8 Å². The molecule has 1 heterocycles. The lowest BCUT2D eigenvalue weighted by atomic mass is 10.0. The summed E-state index contributed by atoms with van der Waals surface area (Å²) in [5, 5.41) is 9.35. The second-order valence-electron chi connectivity index (χ2n) is 5.45. The van der Waals surface area contributed by atoms with Gasteiger partial charge in [-0.3, -0.25) is 0 Å². The standard InChI is InChI=1S/C16H16BrNO2/c1-9-7-10(2)15(12(17)8-9)13-5-6-14(16(19)20)18(13)11-3-4-11/h5-8,11H,3-4H2,1-2H3,(H,19,20). The van der Waals surface area contributed by atoms with Gasteiger partial charge in [0.25, 0.3) is 0 Å². The van der Waals surface area contributed by atoms with E-state index in [2.05, 4.69) is 41.9 Å². The smallest absolute Gasteiger partial charge is 0.352 e. The fourth-order valence-electron chi connectivity index (χ4n) is 2.79. The van der Waals surface area contributed by atoms with Crippen LogP contribution < -0.4 is 0 Å². The summed E-state index contributed by atoms with van der Waals surface area (Å²) in [6, 6.07) is 8.17. The molecule has 20 heavy (non-hydrogen) atoms. The van der Waals surface area contributed by atoms with Crippen LogP contribution in [-0.4, -0.2) is 15.6 Å². The molecule has 1 aromatic carbocycles. The maximum atomic E-state index is 11.4. The first-order valence-electron chi connectivity index (χ1n) is 6.70. The maximum Gasteiger partial charge on any atom is 0.352 e. The van der Waals surface area contributed by atoms with Gasteiger partial charge in [-0.15, -0.1) is 0 Å². The van der Waals surface area contributed by atoms with Crippen molar-refractivity contribution in [2.45, 2.75) is 32.7 Å². The van der Waals surface area contributed by atoms with E-state index in [1.54, 1.807) is 6.07 Å². The number of nitrogens with zero attached hydrogens (tertiary/aromatic N) is 1. The van der Waals surface area contributed by atoms with Crippen molar-refractivity contribution < 1.29 is 9.90 Å². The molecule has 3 nitrogen and oxygen atoms in total. The maximum absolute atomic E-state index is 11.4. The first-order chi connectivity index (χ1) is 9.49. The minimum Gasteiger partial charge on any atom is -0.477 e. The number of carboxylic acid groups (broad SMARTS) is 1. The molecule has 0 unspecified atom stereocenters. The molecule has 0 amide bonds. The van der Waals surface area contributed by atoms with E-state index in [0.29, 0.717) is 11.7 Å². The molecular weight excluding hydrogens is 318 g/mol. The van der Waals surface area contributed by atoms with Crippen LogP contribution in [0.1, 0.15) is 40.5 Å². The monoisotopic (exact) mass is 333 g/mol. The summed E-state index contributed by atoms with van der Waals surface area (Å²) >= 11 is 3.62. The zero-order chi connectivity index (χ0) is 14.4. The summed E-state index contributed by atoms with van der Waals surface area (Å²) in [5.41, 5.74) is 4.83. The Balaban J connectivity index is 2.23. The highest BCUT2D eigenvalue weighted by atomic mass is 79.9. The number of hydrogen-bond acceptors (Lipinski definition) is 1. The Kier molecular flexibility index (Phi) is 3.21. The largest absolute Gasteiger partial charge is 0.477 e. The Morgan fingerprint density at radius 2 is 2.00 bits per heavy atom. The summed E-state index contributed by atoms with van der Waals surface area (Å²) in [6.07, 6.45) is 2.12. The predicted octanol–water partition coefficient (Wildman–Crippen LogP) is 4.57. The minimum atomic E-state index is -0.857. The molecule has 0 bridgehead atoms. The number of benzene rings is 1. The van der Waals surface area contributed by atoms with E-state index in [1.807, 2.05) is 10.6 Å². The fourth-order valence-corrected chi connectivity index (χ4v) is 3.67. The summed E-state index contributed by atoms with van der Waals surface area (Å²) in [7, 11) is 0. The quantitative estimate of drug-likeness (QED) is 0.894. The lowest BCUT2D eigenvalue weighted by molar-refractivity contribution is 0.0685. The second kappa shape index (κ2) is 4.77. The van der Waals surface area contributed by atoms with Crippen LogP contribution in [0.15, 0.2) is 28.7 Å². The fraction of sp³-hybridized carbons (Fsp3) is 0.312. The van der Waals surface area contributed by atoms with Gasteiger partial charge in [-0.25, -0.2) is 4.79 Å². The molecule has 0 radical (unpaired) electrons. The molecule has 104 valence electrons. The molecule has 1 N–H and O–H groups in total. The highest BCUT2D eigenvalue weighted by Crippen LogP contribution is 2.43. The van der Waals surface area contributed by atoms with Crippen LogP contribution in [0.3, 0.4) is 0 Å². The van der Waals surface area contributed by atoms with Crippen molar-refractivity contribution in [1.82, 2.24) is 4.57 Å². The molecule has 3 rings (SSSR count). The summed E-state index contributed by atoms with van der Waals surface area (Å²) < 4.78 is 3.00. The van der Waals surface area contributed by atoms with Crippen LogP contribution in [0.25, 0.3) is 11.3 Å². The first kappa shape index (κ1) is 13.4. The third kappa shape index (κ3) is 2.18. The third-order valence-electron chi connectivity index (χ3n) is 3.74. The second-order valence-corrected chi connectivity index (χ2v) is 6.30. The number of carboxylic acids is 1. The highest BCUT2D eigenvalue weighted by Gasteiger charge is 2.30. The number of carbonyl (C=O) groups is 1. The molecule has 0 spiro atoms. The lowest BCUT2D eigenvalue weighted by Crippen LogP contribution is -2.08. The number of aromatic nitrogens is 1. The average Bonchev–Trinajstić information content (AvgIpc) is 3.08. The summed E-state index contributed by atoms with van der Waals surface area (Å²) in [5.74, 6) is -0.857. The molecule has 0 atom stereocenters. The average molecular weight is 334 g/mol. The Labute approximate surface area is 126 Å². The van der Waals surface area contributed by atoms with Crippen molar-refractivity contribution in [2.24, 2.45) is 0 Å². The predicted molar refractivity (Wildman–Crippen MR) is 82.3 cm³/mol. The van der Waals surface area contributed by atoms with Gasteiger partial charge in [-0.1, -0.05) is 22.0 Å². The van der Waals surface area contributed by atoms with E-state index in [-0.39, 0.29) is 0 Å². The van der Waals surface area contributed by atoms with E-state index in [4.69, 9.17) is 0 Å². The van der Waals surface area contributed by atoms with Gasteiger partial charge in [0.1, 0.15) is 5.69 Å². The van der Waals surface area contributed by atoms with Gasteiger partial charge in [-0.05, 0) is 56.0 Å². The molecule has 0 aliphatic heterocycles. The summed E-state index contributed by atoms with van der Waals surface area (Å²) in [6.45, 7) is 4.13. The molecule has 1 aliphatic carbocycles. The normalized spacial score (nSPS) is 14.6. The van der Waals surface area contributed by atoms with Crippen molar-refractivity contribution in [3.8, 4) is 11.3 Å². The molecule has 1 saturated carbocycles. The van der Waals surface area contributed by atoms with E-state index in [9.17, 15) is 9.90 Å².